The fourth-order valence-corrected chi connectivity index (χ4v) is 2.89. The van der Waals surface area contributed by atoms with Gasteiger partial charge in [0.25, 0.3) is 5.91 Å². The third-order valence-electron chi connectivity index (χ3n) is 2.76. The van der Waals surface area contributed by atoms with Crippen LogP contribution in [-0.4, -0.2) is 41.2 Å². The van der Waals surface area contributed by atoms with Crippen LogP contribution in [0.3, 0.4) is 0 Å². The number of aryl methyl sites for hydroxylation is 1. The SMILES string of the molecule is CC(CCS(C)=O)NC(=O)c1cc(S(N)(=O)=O)cn1C. The van der Waals surface area contributed by atoms with E-state index in [1.165, 1.54) is 16.8 Å². The zero-order valence-corrected chi connectivity index (χ0v) is 13.3. The topological polar surface area (TPSA) is 111 Å². The van der Waals surface area contributed by atoms with Crippen molar-refractivity contribution in [3.05, 3.63) is 18.0 Å². The minimum Gasteiger partial charge on any atom is -0.348 e. The second-order valence-corrected chi connectivity index (χ2v) is 7.77. The molecule has 1 rings (SSSR count). The van der Waals surface area contributed by atoms with Gasteiger partial charge in [-0.3, -0.25) is 9.00 Å². The molecule has 0 fully saturated rings. The highest BCUT2D eigenvalue weighted by molar-refractivity contribution is 7.89. The fourth-order valence-electron chi connectivity index (χ4n) is 1.63. The summed E-state index contributed by atoms with van der Waals surface area (Å²) in [6.07, 6.45) is 3.47. The van der Waals surface area contributed by atoms with Crippen molar-refractivity contribution in [2.24, 2.45) is 12.2 Å². The van der Waals surface area contributed by atoms with Gasteiger partial charge in [-0.1, -0.05) is 0 Å². The van der Waals surface area contributed by atoms with Gasteiger partial charge in [-0.15, -0.1) is 0 Å². The average molecular weight is 321 g/mol. The highest BCUT2D eigenvalue weighted by atomic mass is 32.2. The molecule has 114 valence electrons. The molecule has 0 aliphatic heterocycles. The second kappa shape index (κ2) is 6.51. The molecule has 3 N–H and O–H groups in total. The molecule has 20 heavy (non-hydrogen) atoms. The van der Waals surface area contributed by atoms with Crippen molar-refractivity contribution in [1.29, 1.82) is 0 Å². The number of sulfonamides is 1. The summed E-state index contributed by atoms with van der Waals surface area (Å²) in [5, 5.41) is 7.74. The lowest BCUT2D eigenvalue weighted by molar-refractivity contribution is 0.0931. The van der Waals surface area contributed by atoms with Gasteiger partial charge in [-0.05, 0) is 19.4 Å². The summed E-state index contributed by atoms with van der Waals surface area (Å²) in [7, 11) is -3.17. The van der Waals surface area contributed by atoms with Crippen LogP contribution in [0.2, 0.25) is 0 Å². The molecule has 1 amide bonds. The molecule has 0 saturated carbocycles. The van der Waals surface area contributed by atoms with Gasteiger partial charge < -0.3 is 9.88 Å². The van der Waals surface area contributed by atoms with E-state index in [-0.39, 0.29) is 16.6 Å². The number of hydrogen-bond acceptors (Lipinski definition) is 4. The van der Waals surface area contributed by atoms with E-state index in [0.717, 1.165) is 0 Å². The van der Waals surface area contributed by atoms with Gasteiger partial charge in [-0.25, -0.2) is 13.6 Å². The van der Waals surface area contributed by atoms with Gasteiger partial charge in [0.15, 0.2) is 0 Å². The highest BCUT2D eigenvalue weighted by Gasteiger charge is 2.18. The summed E-state index contributed by atoms with van der Waals surface area (Å²) in [5.74, 6) is 0.105. The normalized spacial score (nSPS) is 14.8. The summed E-state index contributed by atoms with van der Waals surface area (Å²) in [6, 6.07) is 1.08. The van der Waals surface area contributed by atoms with Gasteiger partial charge in [0.05, 0.1) is 0 Å². The third-order valence-corrected chi connectivity index (χ3v) is 4.45. The Morgan fingerprint density at radius 2 is 2.15 bits per heavy atom. The van der Waals surface area contributed by atoms with Crippen LogP contribution in [0.4, 0.5) is 0 Å². The number of nitrogens with two attached hydrogens (primary N) is 1. The van der Waals surface area contributed by atoms with Crippen LogP contribution in [0.25, 0.3) is 0 Å². The van der Waals surface area contributed by atoms with Crippen molar-refractivity contribution in [3.63, 3.8) is 0 Å². The van der Waals surface area contributed by atoms with E-state index in [1.54, 1.807) is 20.2 Å². The maximum absolute atomic E-state index is 12.0. The molecule has 7 nitrogen and oxygen atoms in total. The Labute approximate surface area is 121 Å². The molecule has 9 heteroatoms. The van der Waals surface area contributed by atoms with E-state index in [9.17, 15) is 17.4 Å². The van der Waals surface area contributed by atoms with Crippen molar-refractivity contribution < 1.29 is 17.4 Å². The van der Waals surface area contributed by atoms with Crippen molar-refractivity contribution in [3.8, 4) is 0 Å². The van der Waals surface area contributed by atoms with Crippen molar-refractivity contribution in [1.82, 2.24) is 9.88 Å². The van der Waals surface area contributed by atoms with E-state index in [1.807, 2.05) is 0 Å². The molecular weight excluding hydrogens is 302 g/mol. The first-order valence-corrected chi connectivity index (χ1v) is 9.18. The Hall–Kier alpha value is -1.19. The summed E-state index contributed by atoms with van der Waals surface area (Å²) in [6.45, 7) is 1.80. The standard InChI is InChI=1S/C11H19N3O4S2/c1-8(4-5-19(3)16)13-11(15)10-6-9(7-14(10)2)20(12,17)18/h6-8H,4-5H2,1-3H3,(H,13,15)(H2,12,17,18). The molecule has 0 aliphatic carbocycles. The molecular formula is C11H19N3O4S2. The Balaban J connectivity index is 2.78. The number of rotatable bonds is 6. The molecule has 1 aromatic rings. The first-order chi connectivity index (χ1) is 9.11. The van der Waals surface area contributed by atoms with E-state index < -0.39 is 26.7 Å². The quantitative estimate of drug-likeness (QED) is 0.739. The number of hydrogen-bond donors (Lipinski definition) is 2. The van der Waals surface area contributed by atoms with Crippen LogP contribution in [-0.2, 0) is 27.9 Å². The van der Waals surface area contributed by atoms with Crippen molar-refractivity contribution in [2.75, 3.05) is 12.0 Å². The van der Waals surface area contributed by atoms with Crippen molar-refractivity contribution in [2.45, 2.75) is 24.3 Å². The summed E-state index contributed by atoms with van der Waals surface area (Å²) in [4.78, 5) is 11.9. The summed E-state index contributed by atoms with van der Waals surface area (Å²) < 4.78 is 34.8. The molecule has 2 unspecified atom stereocenters. The maximum atomic E-state index is 12.0. The molecule has 1 aromatic heterocycles. The smallest absolute Gasteiger partial charge is 0.268 e. The lowest BCUT2D eigenvalue weighted by atomic mass is 10.2. The third kappa shape index (κ3) is 4.73. The highest BCUT2D eigenvalue weighted by Crippen LogP contribution is 2.12. The van der Waals surface area contributed by atoms with Crippen LogP contribution in [0.15, 0.2) is 17.2 Å². The Morgan fingerprint density at radius 1 is 1.55 bits per heavy atom. The molecule has 0 saturated heterocycles. The zero-order chi connectivity index (χ0) is 15.5. The van der Waals surface area contributed by atoms with Gasteiger partial charge in [0.1, 0.15) is 10.6 Å². The van der Waals surface area contributed by atoms with E-state index in [4.69, 9.17) is 5.14 Å². The van der Waals surface area contributed by atoms with E-state index in [0.29, 0.717) is 12.2 Å². The van der Waals surface area contributed by atoms with Gasteiger partial charge in [-0.2, -0.15) is 0 Å². The first kappa shape index (κ1) is 16.9. The lowest BCUT2D eigenvalue weighted by Gasteiger charge is -2.13. The maximum Gasteiger partial charge on any atom is 0.268 e. The molecule has 0 radical (unpaired) electrons. The van der Waals surface area contributed by atoms with Crippen LogP contribution in [0.5, 0.6) is 0 Å². The van der Waals surface area contributed by atoms with Gasteiger partial charge in [0.2, 0.25) is 10.0 Å². The number of aromatic nitrogens is 1. The molecule has 2 atom stereocenters. The van der Waals surface area contributed by atoms with Crippen LogP contribution in [0, 0.1) is 0 Å². The Kier molecular flexibility index (Phi) is 5.49. The molecule has 0 aliphatic rings. The predicted molar refractivity (Wildman–Crippen MR) is 77.3 cm³/mol. The number of nitrogens with zero attached hydrogens (tertiary/aromatic N) is 1. The van der Waals surface area contributed by atoms with Crippen LogP contribution < -0.4 is 10.5 Å². The largest absolute Gasteiger partial charge is 0.348 e. The number of primary sulfonamides is 1. The number of carbonyl (C=O) groups excluding carboxylic acids is 1. The molecule has 1 heterocycles. The number of nitrogens with one attached hydrogen (secondary N) is 1. The number of amides is 1. The van der Waals surface area contributed by atoms with Crippen molar-refractivity contribution >= 4 is 26.7 Å². The molecule has 0 spiro atoms. The fraction of sp³-hybridized carbons (Fsp3) is 0.545. The minimum absolute atomic E-state index is 0.104. The summed E-state index contributed by atoms with van der Waals surface area (Å²) in [5.41, 5.74) is 0.207. The monoisotopic (exact) mass is 321 g/mol. The first-order valence-electron chi connectivity index (χ1n) is 5.91. The Bertz CT molecular complexity index is 622. The lowest BCUT2D eigenvalue weighted by Crippen LogP contribution is -2.34. The van der Waals surface area contributed by atoms with Crippen LogP contribution >= 0.6 is 0 Å². The average Bonchev–Trinajstić information content (AvgIpc) is 2.68. The van der Waals surface area contributed by atoms with Gasteiger partial charge in [0, 0.05) is 42.1 Å². The zero-order valence-electron chi connectivity index (χ0n) is 11.6. The minimum atomic E-state index is -3.83. The number of carbonyl (C=O) groups is 1. The van der Waals surface area contributed by atoms with Gasteiger partial charge >= 0.3 is 0 Å². The predicted octanol–water partition coefficient (Wildman–Crippen LogP) is -0.441. The second-order valence-electron chi connectivity index (χ2n) is 4.66. The Morgan fingerprint density at radius 3 is 2.60 bits per heavy atom. The van der Waals surface area contributed by atoms with E-state index >= 15 is 0 Å². The van der Waals surface area contributed by atoms with Crippen LogP contribution in [0.1, 0.15) is 23.8 Å². The molecule has 0 bridgehead atoms. The van der Waals surface area contributed by atoms with E-state index in [2.05, 4.69) is 5.32 Å². The molecule has 0 aromatic carbocycles. The summed E-state index contributed by atoms with van der Waals surface area (Å²) >= 11 is 0.